The molecule has 0 bridgehead atoms. The van der Waals surface area contributed by atoms with E-state index in [-0.39, 0.29) is 5.56 Å². The lowest BCUT2D eigenvalue weighted by atomic mass is 10.1. The fraction of sp³-hybridized carbons (Fsp3) is 0.214. The van der Waals surface area contributed by atoms with Crippen molar-refractivity contribution in [2.24, 2.45) is 0 Å². The molecule has 90 valence electrons. The van der Waals surface area contributed by atoms with Gasteiger partial charge in [-0.15, -0.1) is 0 Å². The highest BCUT2D eigenvalue weighted by atomic mass is 16.1. The van der Waals surface area contributed by atoms with Gasteiger partial charge in [0, 0.05) is 12.3 Å². The molecule has 0 aromatic carbocycles. The van der Waals surface area contributed by atoms with Gasteiger partial charge in [-0.25, -0.2) is 4.68 Å². The summed E-state index contributed by atoms with van der Waals surface area (Å²) < 4.78 is 1.06. The normalized spacial score (nSPS) is 12.0. The first kappa shape index (κ1) is 13.0. The molecule has 0 atom stereocenters. The zero-order valence-corrected chi connectivity index (χ0v) is 10.3. The SMILES string of the molecule is C=C(/C=C\C(C)=C/CC)c1ccc(=O)n(N)c1. The number of allylic oxidation sites excluding steroid dienone is 5. The Morgan fingerprint density at radius 3 is 2.76 bits per heavy atom. The van der Waals surface area contributed by atoms with Crippen LogP contribution in [-0.2, 0) is 0 Å². The predicted molar refractivity (Wildman–Crippen MR) is 73.1 cm³/mol. The summed E-state index contributed by atoms with van der Waals surface area (Å²) in [5.74, 6) is 5.49. The monoisotopic (exact) mass is 230 g/mol. The quantitative estimate of drug-likeness (QED) is 0.638. The van der Waals surface area contributed by atoms with Crippen LogP contribution in [0.15, 0.2) is 53.5 Å². The third-order valence-corrected chi connectivity index (χ3v) is 2.38. The van der Waals surface area contributed by atoms with Gasteiger partial charge in [-0.2, -0.15) is 0 Å². The van der Waals surface area contributed by atoms with Gasteiger partial charge in [0.15, 0.2) is 0 Å². The van der Waals surface area contributed by atoms with Crippen LogP contribution in [0, 0.1) is 0 Å². The van der Waals surface area contributed by atoms with E-state index in [2.05, 4.69) is 19.6 Å². The Morgan fingerprint density at radius 2 is 2.18 bits per heavy atom. The first-order valence-corrected chi connectivity index (χ1v) is 5.56. The minimum atomic E-state index is -0.229. The van der Waals surface area contributed by atoms with Gasteiger partial charge in [-0.1, -0.05) is 37.3 Å². The molecule has 0 spiro atoms. The summed E-state index contributed by atoms with van der Waals surface area (Å²) in [7, 11) is 0. The molecule has 0 radical (unpaired) electrons. The van der Waals surface area contributed by atoms with Crippen LogP contribution >= 0.6 is 0 Å². The van der Waals surface area contributed by atoms with E-state index in [1.807, 2.05) is 19.1 Å². The van der Waals surface area contributed by atoms with E-state index in [1.54, 1.807) is 12.3 Å². The number of hydrogen-bond acceptors (Lipinski definition) is 2. The molecule has 0 saturated carbocycles. The molecule has 0 amide bonds. The van der Waals surface area contributed by atoms with Gasteiger partial charge in [0.25, 0.3) is 5.56 Å². The number of aromatic nitrogens is 1. The summed E-state index contributed by atoms with van der Waals surface area (Å²) in [4.78, 5) is 11.1. The number of rotatable bonds is 4. The van der Waals surface area contributed by atoms with E-state index in [4.69, 9.17) is 5.84 Å². The van der Waals surface area contributed by atoms with Crippen LogP contribution < -0.4 is 11.4 Å². The third-order valence-electron chi connectivity index (χ3n) is 2.38. The van der Waals surface area contributed by atoms with Crippen molar-refractivity contribution in [2.45, 2.75) is 20.3 Å². The molecular weight excluding hydrogens is 212 g/mol. The van der Waals surface area contributed by atoms with Crippen molar-refractivity contribution in [3.8, 4) is 0 Å². The standard InChI is InChI=1S/C14H18N2O/c1-4-5-11(2)6-7-12(3)13-8-9-14(17)16(15)10-13/h5-10H,3-4,15H2,1-2H3/b7-6-,11-5-. The van der Waals surface area contributed by atoms with Crippen molar-refractivity contribution < 1.29 is 0 Å². The van der Waals surface area contributed by atoms with Crippen LogP contribution in [0.5, 0.6) is 0 Å². The second-order valence-corrected chi connectivity index (χ2v) is 3.88. The summed E-state index contributed by atoms with van der Waals surface area (Å²) in [6.45, 7) is 8.08. The van der Waals surface area contributed by atoms with Gasteiger partial charge in [0.05, 0.1) is 0 Å². The van der Waals surface area contributed by atoms with Gasteiger partial charge in [0.1, 0.15) is 0 Å². The van der Waals surface area contributed by atoms with Crippen LogP contribution in [0.3, 0.4) is 0 Å². The molecule has 17 heavy (non-hydrogen) atoms. The lowest BCUT2D eigenvalue weighted by Gasteiger charge is -2.03. The maximum atomic E-state index is 11.1. The Labute approximate surface area is 102 Å². The van der Waals surface area contributed by atoms with Crippen LogP contribution in [0.4, 0.5) is 0 Å². The average Bonchev–Trinajstić information content (AvgIpc) is 2.30. The summed E-state index contributed by atoms with van der Waals surface area (Å²) >= 11 is 0. The zero-order chi connectivity index (χ0) is 12.8. The minimum absolute atomic E-state index is 0.229. The van der Waals surface area contributed by atoms with Crippen molar-refractivity contribution in [1.82, 2.24) is 4.68 Å². The van der Waals surface area contributed by atoms with E-state index >= 15 is 0 Å². The summed E-state index contributed by atoms with van der Waals surface area (Å²) in [5, 5.41) is 0. The molecule has 0 aliphatic rings. The van der Waals surface area contributed by atoms with Gasteiger partial charge < -0.3 is 5.84 Å². The van der Waals surface area contributed by atoms with E-state index in [9.17, 15) is 4.79 Å². The highest BCUT2D eigenvalue weighted by molar-refractivity contribution is 5.71. The van der Waals surface area contributed by atoms with Crippen LogP contribution in [-0.4, -0.2) is 4.68 Å². The molecule has 0 fully saturated rings. The van der Waals surface area contributed by atoms with Crippen LogP contribution in [0.25, 0.3) is 5.57 Å². The number of hydrogen-bond donors (Lipinski definition) is 1. The summed E-state index contributed by atoms with van der Waals surface area (Å²) in [6, 6.07) is 3.15. The fourth-order valence-corrected chi connectivity index (χ4v) is 1.41. The van der Waals surface area contributed by atoms with Crippen molar-refractivity contribution >= 4 is 5.57 Å². The molecule has 3 nitrogen and oxygen atoms in total. The Morgan fingerprint density at radius 1 is 1.47 bits per heavy atom. The molecule has 0 unspecified atom stereocenters. The van der Waals surface area contributed by atoms with E-state index in [0.29, 0.717) is 0 Å². The fourth-order valence-electron chi connectivity index (χ4n) is 1.41. The second kappa shape index (κ2) is 5.89. The highest BCUT2D eigenvalue weighted by Crippen LogP contribution is 2.12. The molecule has 0 aliphatic heterocycles. The largest absolute Gasteiger partial charge is 0.336 e. The van der Waals surface area contributed by atoms with Crippen molar-refractivity contribution in [1.29, 1.82) is 0 Å². The summed E-state index contributed by atoms with van der Waals surface area (Å²) in [6.07, 6.45) is 8.64. The summed E-state index contributed by atoms with van der Waals surface area (Å²) in [5.41, 5.74) is 2.63. The molecule has 0 aliphatic carbocycles. The Balaban J connectivity index is 2.87. The first-order chi connectivity index (χ1) is 8.04. The van der Waals surface area contributed by atoms with Crippen LogP contribution in [0.1, 0.15) is 25.8 Å². The maximum Gasteiger partial charge on any atom is 0.268 e. The Bertz CT molecular complexity index is 521. The topological polar surface area (TPSA) is 48.0 Å². The van der Waals surface area contributed by atoms with Crippen LogP contribution in [0.2, 0.25) is 0 Å². The second-order valence-electron chi connectivity index (χ2n) is 3.88. The first-order valence-electron chi connectivity index (χ1n) is 5.56. The molecule has 3 heteroatoms. The predicted octanol–water partition coefficient (Wildman–Crippen LogP) is 2.49. The maximum absolute atomic E-state index is 11.1. The van der Waals surface area contributed by atoms with Gasteiger partial charge in [0.2, 0.25) is 0 Å². The molecule has 0 saturated heterocycles. The molecule has 1 rings (SSSR count). The molecule has 1 aromatic heterocycles. The molecular formula is C14H18N2O. The molecule has 2 N–H and O–H groups in total. The van der Waals surface area contributed by atoms with Gasteiger partial charge >= 0.3 is 0 Å². The number of nitrogen functional groups attached to an aromatic ring is 1. The van der Waals surface area contributed by atoms with E-state index in [0.717, 1.165) is 22.2 Å². The zero-order valence-electron chi connectivity index (χ0n) is 10.3. The third kappa shape index (κ3) is 3.79. The highest BCUT2D eigenvalue weighted by Gasteiger charge is 1.97. The Kier molecular flexibility index (Phi) is 4.52. The van der Waals surface area contributed by atoms with E-state index in [1.165, 1.54) is 11.6 Å². The lowest BCUT2D eigenvalue weighted by molar-refractivity contribution is 0.933. The van der Waals surface area contributed by atoms with Crippen molar-refractivity contribution in [2.75, 3.05) is 5.84 Å². The molecule has 1 heterocycles. The number of nitrogens with zero attached hydrogens (tertiary/aromatic N) is 1. The van der Waals surface area contributed by atoms with Gasteiger partial charge in [-0.3, -0.25) is 4.79 Å². The number of pyridine rings is 1. The smallest absolute Gasteiger partial charge is 0.268 e. The van der Waals surface area contributed by atoms with Crippen molar-refractivity contribution in [3.05, 3.63) is 64.6 Å². The average molecular weight is 230 g/mol. The van der Waals surface area contributed by atoms with Crippen molar-refractivity contribution in [3.63, 3.8) is 0 Å². The lowest BCUT2D eigenvalue weighted by Crippen LogP contribution is -2.25. The number of nitrogens with two attached hydrogens (primary N) is 1. The van der Waals surface area contributed by atoms with Gasteiger partial charge in [-0.05, 0) is 30.5 Å². The minimum Gasteiger partial charge on any atom is -0.336 e. The van der Waals surface area contributed by atoms with E-state index < -0.39 is 0 Å². The molecule has 1 aromatic rings. The Hall–Kier alpha value is -2.03.